The Morgan fingerprint density at radius 3 is 2.77 bits per heavy atom. The minimum atomic E-state index is -4.38. The van der Waals surface area contributed by atoms with E-state index in [1.807, 2.05) is 11.8 Å². The number of guanidine groups is 1. The molecule has 31 heavy (non-hydrogen) atoms. The fraction of sp³-hybridized carbons (Fsp3) is 0.636. The molecule has 1 amide bonds. The highest BCUT2D eigenvalue weighted by Crippen LogP contribution is 2.32. The number of rotatable bonds is 7. The fourth-order valence-corrected chi connectivity index (χ4v) is 3.67. The van der Waals surface area contributed by atoms with Crippen molar-refractivity contribution in [3.63, 3.8) is 0 Å². The lowest BCUT2D eigenvalue weighted by molar-refractivity contribution is -0.137. The van der Waals surface area contributed by atoms with Crippen LogP contribution in [-0.4, -0.2) is 56.1 Å². The lowest BCUT2D eigenvalue weighted by Gasteiger charge is -2.35. The van der Waals surface area contributed by atoms with E-state index in [-0.39, 0.29) is 11.8 Å². The summed E-state index contributed by atoms with van der Waals surface area (Å²) in [4.78, 5) is 18.5. The van der Waals surface area contributed by atoms with Gasteiger partial charge in [0.15, 0.2) is 5.96 Å². The molecule has 6 nitrogen and oxygen atoms in total. The number of aliphatic imine (C=N–C) groups is 1. The summed E-state index contributed by atoms with van der Waals surface area (Å²) < 4.78 is 44.9. The van der Waals surface area contributed by atoms with Crippen molar-refractivity contribution in [2.24, 2.45) is 10.9 Å². The van der Waals surface area contributed by atoms with Crippen molar-refractivity contribution in [1.82, 2.24) is 15.5 Å². The number of carbonyl (C=O) groups excluding carboxylic acids is 1. The fourth-order valence-electron chi connectivity index (χ4n) is 3.67. The van der Waals surface area contributed by atoms with Crippen LogP contribution in [0.15, 0.2) is 29.3 Å². The van der Waals surface area contributed by atoms with E-state index in [2.05, 4.69) is 15.6 Å². The van der Waals surface area contributed by atoms with Gasteiger partial charge in [-0.3, -0.25) is 9.79 Å². The normalized spacial score (nSPS) is 20.3. The van der Waals surface area contributed by atoms with Crippen LogP contribution in [-0.2, 0) is 15.7 Å². The lowest BCUT2D eigenvalue weighted by atomic mass is 9.85. The van der Waals surface area contributed by atoms with Crippen molar-refractivity contribution in [2.75, 3.05) is 39.3 Å². The lowest BCUT2D eigenvalue weighted by Crippen LogP contribution is -2.48. The van der Waals surface area contributed by atoms with Crippen molar-refractivity contribution in [3.8, 4) is 0 Å². The second-order valence-corrected chi connectivity index (χ2v) is 7.94. The molecule has 172 valence electrons. The van der Waals surface area contributed by atoms with Crippen molar-refractivity contribution < 1.29 is 22.7 Å². The summed E-state index contributed by atoms with van der Waals surface area (Å²) in [6.45, 7) is 5.24. The number of hydrogen-bond acceptors (Lipinski definition) is 3. The van der Waals surface area contributed by atoms with Crippen LogP contribution in [0.5, 0.6) is 0 Å². The Bertz CT molecular complexity index is 765. The summed E-state index contributed by atoms with van der Waals surface area (Å²) >= 11 is 0. The Kier molecular flexibility index (Phi) is 8.17. The summed E-state index contributed by atoms with van der Waals surface area (Å²) in [7, 11) is 0. The van der Waals surface area contributed by atoms with Crippen LogP contribution < -0.4 is 10.6 Å². The summed E-state index contributed by atoms with van der Waals surface area (Å²) in [5.74, 6) is 1.04. The van der Waals surface area contributed by atoms with Crippen LogP contribution in [0.4, 0.5) is 13.2 Å². The molecule has 3 rings (SSSR count). The average Bonchev–Trinajstić information content (AvgIpc) is 2.71. The van der Waals surface area contributed by atoms with Crippen LogP contribution in [0.2, 0.25) is 0 Å². The molecular formula is C22H31F3N4O2. The van der Waals surface area contributed by atoms with Gasteiger partial charge in [-0.1, -0.05) is 18.6 Å². The maximum absolute atomic E-state index is 13.1. The number of nitrogens with zero attached hydrogens (tertiary/aromatic N) is 2. The van der Waals surface area contributed by atoms with Gasteiger partial charge < -0.3 is 20.3 Å². The Hall–Kier alpha value is -2.29. The highest BCUT2D eigenvalue weighted by molar-refractivity contribution is 5.80. The zero-order valence-corrected chi connectivity index (χ0v) is 17.9. The molecule has 1 aromatic carbocycles. The Labute approximate surface area is 181 Å². The maximum atomic E-state index is 13.1. The Balaban J connectivity index is 1.55. The van der Waals surface area contributed by atoms with E-state index < -0.39 is 17.8 Å². The molecule has 0 radical (unpaired) electrons. The molecule has 1 heterocycles. The van der Waals surface area contributed by atoms with Gasteiger partial charge >= 0.3 is 6.18 Å². The van der Waals surface area contributed by atoms with E-state index in [0.717, 1.165) is 37.8 Å². The Morgan fingerprint density at radius 1 is 1.29 bits per heavy atom. The van der Waals surface area contributed by atoms with E-state index in [0.29, 0.717) is 50.9 Å². The number of benzene rings is 1. The highest BCUT2D eigenvalue weighted by atomic mass is 19.4. The van der Waals surface area contributed by atoms with E-state index in [9.17, 15) is 18.0 Å². The monoisotopic (exact) mass is 440 g/mol. The second kappa shape index (κ2) is 10.8. The second-order valence-electron chi connectivity index (χ2n) is 7.94. The molecule has 0 aromatic heterocycles. The first-order valence-corrected chi connectivity index (χ1v) is 11.0. The van der Waals surface area contributed by atoms with Gasteiger partial charge in [0.1, 0.15) is 6.10 Å². The van der Waals surface area contributed by atoms with Gasteiger partial charge in [0.05, 0.1) is 18.7 Å². The average molecular weight is 441 g/mol. The third-order valence-electron chi connectivity index (χ3n) is 5.66. The summed E-state index contributed by atoms with van der Waals surface area (Å²) in [6, 6.07) is 5.30. The number of ether oxygens (including phenoxy) is 1. The minimum Gasteiger partial charge on any atom is -0.370 e. The molecule has 1 aliphatic carbocycles. The number of amides is 1. The van der Waals surface area contributed by atoms with Crippen LogP contribution in [0.3, 0.4) is 0 Å². The molecule has 2 aliphatic rings. The van der Waals surface area contributed by atoms with E-state index >= 15 is 0 Å². The predicted molar refractivity (Wildman–Crippen MR) is 113 cm³/mol. The molecule has 1 saturated carbocycles. The molecule has 2 N–H and O–H groups in total. The number of morpholine rings is 1. The van der Waals surface area contributed by atoms with Crippen LogP contribution >= 0.6 is 0 Å². The van der Waals surface area contributed by atoms with Crippen molar-refractivity contribution in [3.05, 3.63) is 35.4 Å². The van der Waals surface area contributed by atoms with Crippen molar-refractivity contribution in [2.45, 2.75) is 44.9 Å². The zero-order valence-electron chi connectivity index (χ0n) is 17.9. The first-order valence-electron chi connectivity index (χ1n) is 11.0. The molecule has 0 bridgehead atoms. The van der Waals surface area contributed by atoms with Crippen LogP contribution in [0, 0.1) is 5.92 Å². The van der Waals surface area contributed by atoms with Gasteiger partial charge in [-0.05, 0) is 43.9 Å². The number of halogens is 3. The number of carbonyl (C=O) groups is 1. The van der Waals surface area contributed by atoms with Gasteiger partial charge in [-0.2, -0.15) is 13.2 Å². The van der Waals surface area contributed by atoms with Crippen LogP contribution in [0.1, 0.15) is 49.8 Å². The van der Waals surface area contributed by atoms with Gasteiger partial charge in [0, 0.05) is 32.1 Å². The molecule has 1 atom stereocenters. The van der Waals surface area contributed by atoms with E-state index in [1.165, 1.54) is 6.07 Å². The molecule has 2 fully saturated rings. The molecule has 0 spiro atoms. The summed E-state index contributed by atoms with van der Waals surface area (Å²) in [5.41, 5.74) is -0.163. The topological polar surface area (TPSA) is 66.0 Å². The minimum absolute atomic E-state index is 0.138. The first-order chi connectivity index (χ1) is 14.9. The number of alkyl halides is 3. The number of nitrogens with one attached hydrogen (secondary N) is 2. The summed E-state index contributed by atoms with van der Waals surface area (Å²) in [6.07, 6.45) is -1.00. The van der Waals surface area contributed by atoms with Gasteiger partial charge in [-0.25, -0.2) is 0 Å². The SMILES string of the molecule is CCNC(=NCCCNC(=O)C1CCC1)N1CCOC(c2cccc(C(F)(F)F)c2)C1. The maximum Gasteiger partial charge on any atom is 0.416 e. The van der Waals surface area contributed by atoms with Gasteiger partial charge in [-0.15, -0.1) is 0 Å². The smallest absolute Gasteiger partial charge is 0.370 e. The quantitative estimate of drug-likeness (QED) is 0.388. The third-order valence-corrected chi connectivity index (χ3v) is 5.66. The molecule has 9 heteroatoms. The van der Waals surface area contributed by atoms with Crippen molar-refractivity contribution >= 4 is 11.9 Å². The number of hydrogen-bond donors (Lipinski definition) is 2. The zero-order chi connectivity index (χ0) is 22.3. The standard InChI is InChI=1S/C22H31F3N4O2/c1-2-26-21(28-11-5-10-27-20(30)16-6-3-7-16)29-12-13-31-19(15-29)17-8-4-9-18(14-17)22(23,24)25/h4,8-9,14,16,19H,2-3,5-7,10-13,15H2,1H3,(H,26,28)(H,27,30). The molecular weight excluding hydrogens is 409 g/mol. The Morgan fingerprint density at radius 2 is 2.10 bits per heavy atom. The first kappa shape index (κ1) is 23.4. The largest absolute Gasteiger partial charge is 0.416 e. The highest BCUT2D eigenvalue weighted by Gasteiger charge is 2.32. The third kappa shape index (κ3) is 6.59. The molecule has 1 aliphatic heterocycles. The molecule has 1 unspecified atom stereocenters. The van der Waals surface area contributed by atoms with Crippen molar-refractivity contribution in [1.29, 1.82) is 0 Å². The summed E-state index contributed by atoms with van der Waals surface area (Å²) in [5, 5.41) is 6.21. The van der Waals surface area contributed by atoms with Gasteiger partial charge in [0.25, 0.3) is 0 Å². The molecule has 1 aromatic rings. The van der Waals surface area contributed by atoms with E-state index in [4.69, 9.17) is 4.74 Å². The molecule has 1 saturated heterocycles. The van der Waals surface area contributed by atoms with Crippen LogP contribution in [0.25, 0.3) is 0 Å². The van der Waals surface area contributed by atoms with Gasteiger partial charge in [0.2, 0.25) is 5.91 Å². The van der Waals surface area contributed by atoms with E-state index in [1.54, 1.807) is 6.07 Å². The predicted octanol–water partition coefficient (Wildman–Crippen LogP) is 3.35.